The molecule has 2 amide bonds. The number of ether oxygens (including phenoxy) is 1. The number of hydrogen-bond donors (Lipinski definition) is 3. The largest absolute Gasteiger partial charge is 0.508 e. The lowest BCUT2D eigenvalue weighted by Gasteiger charge is -2.36. The van der Waals surface area contributed by atoms with Gasteiger partial charge in [0, 0.05) is 19.1 Å². The quantitative estimate of drug-likeness (QED) is 0.288. The summed E-state index contributed by atoms with van der Waals surface area (Å²) in [4.78, 5) is 28.7. The van der Waals surface area contributed by atoms with Crippen LogP contribution in [0.1, 0.15) is 76.7 Å². The number of amides is 2. The molecule has 1 aromatic carbocycles. The number of aliphatic hydroxyl groups is 2. The number of carbonyl (C=O) groups is 2. The molecule has 0 radical (unpaired) electrons. The van der Waals surface area contributed by atoms with Crippen molar-refractivity contribution in [1.82, 2.24) is 4.90 Å². The van der Waals surface area contributed by atoms with Crippen molar-refractivity contribution < 1.29 is 29.6 Å². The monoisotopic (exact) mass is 525 g/mol. The Balaban J connectivity index is 1.57. The van der Waals surface area contributed by atoms with E-state index in [2.05, 4.69) is 13.0 Å². The van der Waals surface area contributed by atoms with Gasteiger partial charge in [0.15, 0.2) is 0 Å². The van der Waals surface area contributed by atoms with Crippen molar-refractivity contribution in [3.63, 3.8) is 0 Å². The van der Waals surface area contributed by atoms with E-state index in [-0.39, 0.29) is 36.8 Å². The third-order valence-electron chi connectivity index (χ3n) is 8.58. The van der Waals surface area contributed by atoms with Gasteiger partial charge in [0.1, 0.15) is 5.75 Å². The first-order valence-corrected chi connectivity index (χ1v) is 14.2. The zero-order valence-electron chi connectivity index (χ0n) is 22.8. The number of allylic oxidation sites excluding steroid dienone is 1. The summed E-state index contributed by atoms with van der Waals surface area (Å²) in [6.45, 7) is 2.08. The topological polar surface area (TPSA) is 107 Å². The van der Waals surface area contributed by atoms with E-state index in [4.69, 9.17) is 4.74 Å². The normalized spacial score (nSPS) is 25.7. The number of carbonyl (C=O) groups excluding carboxylic acids is 2. The predicted octanol–water partition coefficient (Wildman–Crippen LogP) is 4.61. The Morgan fingerprint density at radius 3 is 2.58 bits per heavy atom. The Hall–Kier alpha value is -2.48. The summed E-state index contributed by atoms with van der Waals surface area (Å²) < 4.78 is 5.47. The molecule has 1 heterocycles. The fourth-order valence-electron chi connectivity index (χ4n) is 6.91. The van der Waals surface area contributed by atoms with Gasteiger partial charge in [-0.05, 0) is 67.4 Å². The van der Waals surface area contributed by atoms with E-state index in [0.29, 0.717) is 24.8 Å². The summed E-state index contributed by atoms with van der Waals surface area (Å²) in [6, 6.07) is 7.05. The lowest BCUT2D eigenvalue weighted by atomic mass is 9.68. The summed E-state index contributed by atoms with van der Waals surface area (Å²) in [5.41, 5.74) is 3.58. The summed E-state index contributed by atoms with van der Waals surface area (Å²) in [5.74, 6) is -1.80. The number of aliphatic hydroxyl groups excluding tert-OH is 2. The fourth-order valence-corrected chi connectivity index (χ4v) is 6.91. The third-order valence-corrected chi connectivity index (χ3v) is 8.58. The Labute approximate surface area is 226 Å². The Morgan fingerprint density at radius 1 is 1.16 bits per heavy atom. The van der Waals surface area contributed by atoms with Gasteiger partial charge in [-0.15, -0.1) is 0 Å². The molecule has 1 aromatic rings. The smallest absolute Gasteiger partial charge is 0.234 e. The van der Waals surface area contributed by atoms with Crippen molar-refractivity contribution in [2.24, 2.45) is 17.8 Å². The fraction of sp³-hybridized carbons (Fsp3) is 0.613. The van der Waals surface area contributed by atoms with Crippen molar-refractivity contribution in [1.29, 1.82) is 0 Å². The summed E-state index contributed by atoms with van der Waals surface area (Å²) >= 11 is 0. The molecule has 4 rings (SSSR count). The molecule has 7 nitrogen and oxygen atoms in total. The van der Waals surface area contributed by atoms with Crippen LogP contribution in [0, 0.1) is 17.8 Å². The molecule has 208 valence electrons. The van der Waals surface area contributed by atoms with Gasteiger partial charge >= 0.3 is 0 Å². The van der Waals surface area contributed by atoms with E-state index < -0.39 is 23.9 Å². The standard InChI is InChI=1S/C31H43NO6/c1-3-8-20(15-21-9-7-12-24(34)16-21)13-14-27(35)28-22(19-38-2)17-25-29(26(28)18-33)31(37)32(30(25)36)23-10-5-4-6-11-23/h7,9,12,15-16,23,25-27,29,33-35H,3-6,8,10-11,13-14,17-19H2,1-2H3/b20-15+/t25-,26+,27-,29-/m1/s1. The molecule has 1 saturated carbocycles. The van der Waals surface area contributed by atoms with Crippen LogP contribution in [-0.2, 0) is 14.3 Å². The maximum Gasteiger partial charge on any atom is 0.234 e. The average Bonchev–Trinajstić information content (AvgIpc) is 3.16. The van der Waals surface area contributed by atoms with Crippen LogP contribution in [0.5, 0.6) is 5.75 Å². The summed E-state index contributed by atoms with van der Waals surface area (Å²) in [5, 5.41) is 31.8. The molecule has 4 atom stereocenters. The van der Waals surface area contributed by atoms with E-state index in [1.165, 1.54) is 4.90 Å². The molecule has 3 aliphatic rings. The first-order chi connectivity index (χ1) is 18.4. The second-order valence-corrected chi connectivity index (χ2v) is 11.2. The first kappa shape index (κ1) is 28.5. The summed E-state index contributed by atoms with van der Waals surface area (Å²) in [7, 11) is 1.59. The number of methoxy groups -OCH3 is 1. The maximum atomic E-state index is 13.7. The van der Waals surface area contributed by atoms with E-state index in [0.717, 1.165) is 61.7 Å². The lowest BCUT2D eigenvalue weighted by molar-refractivity contribution is -0.143. The van der Waals surface area contributed by atoms with Gasteiger partial charge in [0.25, 0.3) is 0 Å². The lowest BCUT2D eigenvalue weighted by Crippen LogP contribution is -2.42. The van der Waals surface area contributed by atoms with Crippen LogP contribution in [0.4, 0.5) is 0 Å². The second kappa shape index (κ2) is 13.0. The molecule has 0 spiro atoms. The van der Waals surface area contributed by atoms with Crippen LogP contribution in [0.25, 0.3) is 6.08 Å². The van der Waals surface area contributed by atoms with Gasteiger partial charge in [-0.2, -0.15) is 0 Å². The van der Waals surface area contributed by atoms with Crippen molar-refractivity contribution in [2.75, 3.05) is 20.3 Å². The van der Waals surface area contributed by atoms with E-state index in [1.54, 1.807) is 19.2 Å². The molecule has 0 unspecified atom stereocenters. The molecule has 2 fully saturated rings. The third kappa shape index (κ3) is 6.05. The van der Waals surface area contributed by atoms with Crippen LogP contribution in [0.15, 0.2) is 41.0 Å². The molecule has 2 aliphatic carbocycles. The minimum Gasteiger partial charge on any atom is -0.508 e. The zero-order chi connectivity index (χ0) is 27.2. The number of phenols is 1. The van der Waals surface area contributed by atoms with Gasteiger partial charge in [0.05, 0.1) is 31.2 Å². The minimum atomic E-state index is -0.852. The number of hydrogen-bond acceptors (Lipinski definition) is 6. The molecule has 1 aliphatic heterocycles. The molecule has 0 bridgehead atoms. The van der Waals surface area contributed by atoms with Crippen molar-refractivity contribution in [3.8, 4) is 5.75 Å². The number of fused-ring (bicyclic) bond motifs is 1. The van der Waals surface area contributed by atoms with Crippen molar-refractivity contribution in [3.05, 3.63) is 46.5 Å². The maximum absolute atomic E-state index is 13.7. The van der Waals surface area contributed by atoms with E-state index >= 15 is 0 Å². The van der Waals surface area contributed by atoms with Crippen LogP contribution in [0.2, 0.25) is 0 Å². The van der Waals surface area contributed by atoms with Gasteiger partial charge < -0.3 is 20.1 Å². The Kier molecular flexibility index (Phi) is 9.80. The molecular formula is C31H43NO6. The van der Waals surface area contributed by atoms with Crippen LogP contribution in [0.3, 0.4) is 0 Å². The molecule has 38 heavy (non-hydrogen) atoms. The molecule has 1 saturated heterocycles. The number of imide groups is 1. The van der Waals surface area contributed by atoms with Crippen molar-refractivity contribution in [2.45, 2.75) is 83.3 Å². The Morgan fingerprint density at radius 2 is 1.92 bits per heavy atom. The number of rotatable bonds is 11. The highest BCUT2D eigenvalue weighted by Crippen LogP contribution is 2.47. The molecule has 7 heteroatoms. The SMILES string of the molecule is CCC/C(=C\c1cccc(O)c1)CC[C@@H](O)C1=C(COC)C[C@H]2C(=O)N(C3CCCCC3)C(=O)[C@H]2[C@H]1CO. The van der Waals surface area contributed by atoms with Gasteiger partial charge in [-0.3, -0.25) is 14.5 Å². The summed E-state index contributed by atoms with van der Waals surface area (Å²) in [6.07, 6.45) is 9.36. The second-order valence-electron chi connectivity index (χ2n) is 11.2. The number of aromatic hydroxyl groups is 1. The average molecular weight is 526 g/mol. The molecule has 0 aromatic heterocycles. The van der Waals surface area contributed by atoms with Gasteiger partial charge in [0.2, 0.25) is 11.8 Å². The molecule has 3 N–H and O–H groups in total. The van der Waals surface area contributed by atoms with Gasteiger partial charge in [-0.1, -0.05) is 56.4 Å². The van der Waals surface area contributed by atoms with Crippen LogP contribution >= 0.6 is 0 Å². The van der Waals surface area contributed by atoms with Crippen LogP contribution in [-0.4, -0.2) is 64.5 Å². The number of likely N-dealkylation sites (tertiary alicyclic amines) is 1. The number of benzene rings is 1. The number of nitrogens with zero attached hydrogens (tertiary/aromatic N) is 1. The van der Waals surface area contributed by atoms with Crippen molar-refractivity contribution >= 4 is 17.9 Å². The molecular weight excluding hydrogens is 482 g/mol. The highest BCUT2D eigenvalue weighted by atomic mass is 16.5. The van der Waals surface area contributed by atoms with Crippen LogP contribution < -0.4 is 0 Å². The predicted molar refractivity (Wildman–Crippen MR) is 146 cm³/mol. The zero-order valence-corrected chi connectivity index (χ0v) is 22.8. The van der Waals surface area contributed by atoms with E-state index in [9.17, 15) is 24.9 Å². The van der Waals surface area contributed by atoms with Gasteiger partial charge in [-0.25, -0.2) is 0 Å². The first-order valence-electron chi connectivity index (χ1n) is 14.2. The highest BCUT2D eigenvalue weighted by molar-refractivity contribution is 6.06. The minimum absolute atomic E-state index is 0.0490. The van der Waals surface area contributed by atoms with E-state index in [1.807, 2.05) is 12.1 Å². The Bertz CT molecular complexity index is 1060. The highest BCUT2D eigenvalue weighted by Gasteiger charge is 2.56. The number of phenolic OH excluding ortho intramolecular Hbond substituents is 1.